The van der Waals surface area contributed by atoms with E-state index in [4.69, 9.17) is 16.3 Å². The van der Waals surface area contributed by atoms with E-state index in [1.54, 1.807) is 7.11 Å². The molecule has 2 rings (SSSR count). The maximum Gasteiger partial charge on any atom is 0.235 e. The monoisotopic (exact) mass is 317 g/mol. The molecule has 0 amide bonds. The molecule has 1 aromatic rings. The lowest BCUT2D eigenvalue weighted by atomic mass is 10.0. The molecule has 20 heavy (non-hydrogen) atoms. The van der Waals surface area contributed by atoms with Crippen LogP contribution in [0.2, 0.25) is 0 Å². The molecule has 0 N–H and O–H groups in total. The Hall–Kier alpha value is -0.940. The van der Waals surface area contributed by atoms with E-state index < -0.39 is 10.0 Å². The maximum absolute atomic E-state index is 12.5. The molecule has 1 aliphatic heterocycles. The first-order valence-electron chi connectivity index (χ1n) is 6.82. The second kappa shape index (κ2) is 6.68. The number of rotatable bonds is 6. The molecule has 0 spiro atoms. The average molecular weight is 318 g/mol. The van der Waals surface area contributed by atoms with E-state index in [2.05, 4.69) is 0 Å². The van der Waals surface area contributed by atoms with Crippen LogP contribution in [0.15, 0.2) is 18.2 Å². The van der Waals surface area contributed by atoms with Gasteiger partial charge in [-0.1, -0.05) is 12.1 Å². The summed E-state index contributed by atoms with van der Waals surface area (Å²) in [5.74, 6) is 1.26. The SMILES string of the molecule is COc1cccc2c1N(S(=O)(=O)CCCCCl)CCC2. The number of fused-ring (bicyclic) bond motifs is 1. The summed E-state index contributed by atoms with van der Waals surface area (Å²) in [5.41, 5.74) is 1.75. The molecule has 1 aromatic carbocycles. The fraction of sp³-hybridized carbons (Fsp3) is 0.571. The highest BCUT2D eigenvalue weighted by Crippen LogP contribution is 2.37. The van der Waals surface area contributed by atoms with Gasteiger partial charge >= 0.3 is 0 Å². The van der Waals surface area contributed by atoms with Gasteiger partial charge in [0.2, 0.25) is 10.0 Å². The Kier molecular flexibility index (Phi) is 5.16. The van der Waals surface area contributed by atoms with Crippen molar-refractivity contribution in [1.82, 2.24) is 0 Å². The topological polar surface area (TPSA) is 46.6 Å². The Morgan fingerprint density at radius 3 is 2.85 bits per heavy atom. The minimum atomic E-state index is -3.31. The Labute approximate surface area is 125 Å². The molecule has 4 nitrogen and oxygen atoms in total. The minimum absolute atomic E-state index is 0.136. The normalized spacial score (nSPS) is 15.0. The number of hydrogen-bond acceptors (Lipinski definition) is 3. The van der Waals surface area contributed by atoms with Gasteiger partial charge < -0.3 is 4.74 Å². The number of para-hydroxylation sites is 1. The summed E-state index contributed by atoms with van der Waals surface area (Å²) in [6, 6.07) is 5.69. The maximum atomic E-state index is 12.5. The molecule has 0 saturated carbocycles. The van der Waals surface area contributed by atoms with Crippen molar-refractivity contribution in [2.45, 2.75) is 25.7 Å². The molecule has 6 heteroatoms. The molecule has 1 aliphatic rings. The zero-order valence-corrected chi connectivity index (χ0v) is 13.2. The summed E-state index contributed by atoms with van der Waals surface area (Å²) >= 11 is 5.62. The van der Waals surface area contributed by atoms with Gasteiger partial charge in [-0.2, -0.15) is 0 Å². The molecular weight excluding hydrogens is 298 g/mol. The zero-order valence-electron chi connectivity index (χ0n) is 11.6. The van der Waals surface area contributed by atoms with Crippen LogP contribution in [0.1, 0.15) is 24.8 Å². The van der Waals surface area contributed by atoms with E-state index in [1.165, 1.54) is 4.31 Å². The Morgan fingerprint density at radius 1 is 1.35 bits per heavy atom. The first-order valence-corrected chi connectivity index (χ1v) is 8.97. The number of ether oxygens (including phenoxy) is 1. The third-order valence-corrected chi connectivity index (χ3v) is 5.59. The van der Waals surface area contributed by atoms with Gasteiger partial charge in [0.25, 0.3) is 0 Å². The van der Waals surface area contributed by atoms with Gasteiger partial charge in [-0.25, -0.2) is 8.42 Å². The molecular formula is C14H20ClNO3S. The van der Waals surface area contributed by atoms with Crippen LogP contribution in [-0.4, -0.2) is 33.7 Å². The number of methoxy groups -OCH3 is 1. The van der Waals surface area contributed by atoms with Gasteiger partial charge in [0, 0.05) is 12.4 Å². The number of sulfonamides is 1. The van der Waals surface area contributed by atoms with Crippen molar-refractivity contribution < 1.29 is 13.2 Å². The van der Waals surface area contributed by atoms with Crippen molar-refractivity contribution in [1.29, 1.82) is 0 Å². The Bertz CT molecular complexity index is 545. The summed E-state index contributed by atoms with van der Waals surface area (Å²) in [7, 11) is -1.73. The van der Waals surface area contributed by atoms with E-state index >= 15 is 0 Å². The van der Waals surface area contributed by atoms with Gasteiger partial charge in [0.15, 0.2) is 0 Å². The van der Waals surface area contributed by atoms with Crippen molar-refractivity contribution in [2.24, 2.45) is 0 Å². The Balaban J connectivity index is 2.32. The second-order valence-corrected chi connectivity index (χ2v) is 7.25. The van der Waals surface area contributed by atoms with Gasteiger partial charge in [0.05, 0.1) is 18.6 Å². The Morgan fingerprint density at radius 2 is 2.15 bits per heavy atom. The van der Waals surface area contributed by atoms with Gasteiger partial charge in [-0.3, -0.25) is 4.31 Å². The first kappa shape index (κ1) is 15.4. The fourth-order valence-electron chi connectivity index (χ4n) is 2.51. The highest BCUT2D eigenvalue weighted by atomic mass is 35.5. The van der Waals surface area contributed by atoms with E-state index in [1.807, 2.05) is 18.2 Å². The number of halogens is 1. The molecule has 0 radical (unpaired) electrons. The minimum Gasteiger partial charge on any atom is -0.495 e. The summed E-state index contributed by atoms with van der Waals surface area (Å²) in [6.45, 7) is 0.524. The fourth-order valence-corrected chi connectivity index (χ4v) is 4.38. The number of anilines is 1. The molecule has 0 aliphatic carbocycles. The number of unbranched alkanes of at least 4 members (excludes halogenated alkanes) is 1. The van der Waals surface area contributed by atoms with Crippen molar-refractivity contribution in [2.75, 3.05) is 29.6 Å². The number of nitrogens with zero attached hydrogens (tertiary/aromatic N) is 1. The molecule has 1 heterocycles. The van der Waals surface area contributed by atoms with Crippen LogP contribution in [0.5, 0.6) is 5.75 Å². The lowest BCUT2D eigenvalue weighted by Gasteiger charge is -2.31. The average Bonchev–Trinajstić information content (AvgIpc) is 2.46. The summed E-state index contributed by atoms with van der Waals surface area (Å²) < 4.78 is 31.9. The van der Waals surface area contributed by atoms with Crippen LogP contribution < -0.4 is 9.04 Å². The third kappa shape index (κ3) is 3.20. The van der Waals surface area contributed by atoms with E-state index in [-0.39, 0.29) is 5.75 Å². The summed E-state index contributed by atoms with van der Waals surface area (Å²) in [6.07, 6.45) is 3.04. The van der Waals surface area contributed by atoms with Crippen molar-refractivity contribution in [3.63, 3.8) is 0 Å². The van der Waals surface area contributed by atoms with E-state index in [0.717, 1.165) is 18.4 Å². The molecule has 0 bridgehead atoms. The first-order chi connectivity index (χ1) is 9.60. The van der Waals surface area contributed by atoms with Crippen LogP contribution in [0.4, 0.5) is 5.69 Å². The van der Waals surface area contributed by atoms with Crippen LogP contribution >= 0.6 is 11.6 Å². The molecule has 0 aromatic heterocycles. The second-order valence-electron chi connectivity index (χ2n) is 4.86. The van der Waals surface area contributed by atoms with Gasteiger partial charge in [-0.15, -0.1) is 11.6 Å². The van der Waals surface area contributed by atoms with Crippen LogP contribution in [0, 0.1) is 0 Å². The predicted molar refractivity (Wildman–Crippen MR) is 82.4 cm³/mol. The van der Waals surface area contributed by atoms with Crippen LogP contribution in [0.3, 0.4) is 0 Å². The third-order valence-electron chi connectivity index (χ3n) is 3.48. The smallest absolute Gasteiger partial charge is 0.235 e. The molecule has 0 atom stereocenters. The van der Waals surface area contributed by atoms with E-state index in [0.29, 0.717) is 36.7 Å². The molecule has 0 unspecified atom stereocenters. The lowest BCUT2D eigenvalue weighted by molar-refractivity contribution is 0.414. The molecule has 0 fully saturated rings. The van der Waals surface area contributed by atoms with Crippen molar-refractivity contribution in [3.05, 3.63) is 23.8 Å². The largest absolute Gasteiger partial charge is 0.495 e. The lowest BCUT2D eigenvalue weighted by Crippen LogP contribution is -2.37. The molecule has 0 saturated heterocycles. The standard InChI is InChI=1S/C14H20ClNO3S/c1-19-13-8-4-6-12-7-5-10-16(14(12)13)20(17,18)11-3-2-9-15/h4,6,8H,2-3,5,7,9-11H2,1H3. The van der Waals surface area contributed by atoms with Crippen molar-refractivity contribution in [3.8, 4) is 5.75 Å². The number of hydrogen-bond donors (Lipinski definition) is 0. The number of aryl methyl sites for hydroxylation is 1. The number of benzene rings is 1. The summed E-state index contributed by atoms with van der Waals surface area (Å²) in [5, 5.41) is 0. The van der Waals surface area contributed by atoms with Crippen LogP contribution in [0.25, 0.3) is 0 Å². The van der Waals surface area contributed by atoms with Gasteiger partial charge in [-0.05, 0) is 37.3 Å². The van der Waals surface area contributed by atoms with Gasteiger partial charge in [0.1, 0.15) is 5.75 Å². The highest BCUT2D eigenvalue weighted by Gasteiger charge is 2.29. The van der Waals surface area contributed by atoms with Crippen molar-refractivity contribution >= 4 is 27.3 Å². The number of alkyl halides is 1. The van der Waals surface area contributed by atoms with E-state index in [9.17, 15) is 8.42 Å². The quantitative estimate of drug-likeness (QED) is 0.598. The highest BCUT2D eigenvalue weighted by molar-refractivity contribution is 7.92. The molecule has 112 valence electrons. The van der Waals surface area contributed by atoms with Crippen LogP contribution in [-0.2, 0) is 16.4 Å². The zero-order chi connectivity index (χ0) is 14.6. The summed E-state index contributed by atoms with van der Waals surface area (Å²) in [4.78, 5) is 0. The predicted octanol–water partition coefficient (Wildman–Crippen LogP) is 2.80.